The largest absolute Gasteiger partial charge is 0.454 e. The van der Waals surface area contributed by atoms with Crippen molar-refractivity contribution in [3.05, 3.63) is 29.6 Å². The van der Waals surface area contributed by atoms with Crippen LogP contribution in [-0.4, -0.2) is 59.7 Å². The zero-order valence-corrected chi connectivity index (χ0v) is 15.6. The van der Waals surface area contributed by atoms with Crippen molar-refractivity contribution >= 4 is 0 Å². The van der Waals surface area contributed by atoms with Gasteiger partial charge >= 0.3 is 0 Å². The summed E-state index contributed by atoms with van der Waals surface area (Å²) in [4.78, 5) is 3.30. The first-order valence-electron chi connectivity index (χ1n) is 9.61. The molecule has 0 bridgehead atoms. The van der Waals surface area contributed by atoms with Crippen molar-refractivity contribution in [3.63, 3.8) is 0 Å². The van der Waals surface area contributed by atoms with E-state index in [0.717, 1.165) is 29.3 Å². The van der Waals surface area contributed by atoms with Crippen LogP contribution in [0, 0.1) is 0 Å². The summed E-state index contributed by atoms with van der Waals surface area (Å²) in [5, 5.41) is 12.6. The lowest BCUT2D eigenvalue weighted by Gasteiger charge is -2.33. The molecule has 4 rings (SSSR count). The van der Waals surface area contributed by atoms with Gasteiger partial charge in [-0.05, 0) is 35.0 Å². The molecule has 2 aromatic rings. The minimum atomic E-state index is 0.294. The van der Waals surface area contributed by atoms with Crippen LogP contribution in [0.5, 0.6) is 11.5 Å². The lowest BCUT2D eigenvalue weighted by Crippen LogP contribution is -3.28. The second-order valence-electron chi connectivity index (χ2n) is 7.10. The number of tetrazole rings is 1. The second-order valence-corrected chi connectivity index (χ2v) is 7.10. The number of ether oxygens (including phenoxy) is 2. The highest BCUT2D eigenvalue weighted by atomic mass is 16.7. The van der Waals surface area contributed by atoms with Crippen molar-refractivity contribution in [2.75, 3.05) is 39.5 Å². The highest BCUT2D eigenvalue weighted by Crippen LogP contribution is 2.32. The third kappa shape index (κ3) is 3.39. The number of nitrogens with zero attached hydrogens (tertiary/aromatic N) is 4. The minimum Gasteiger partial charge on any atom is -0.454 e. The van der Waals surface area contributed by atoms with Crippen LogP contribution in [0.25, 0.3) is 0 Å². The Hall–Kier alpha value is -2.19. The van der Waals surface area contributed by atoms with E-state index in [1.54, 1.807) is 9.80 Å². The van der Waals surface area contributed by atoms with Crippen LogP contribution >= 0.6 is 0 Å². The maximum absolute atomic E-state index is 5.48. The Morgan fingerprint density at radius 1 is 1.12 bits per heavy atom. The molecule has 0 aliphatic carbocycles. The molecule has 0 amide bonds. The van der Waals surface area contributed by atoms with E-state index in [1.165, 1.54) is 32.7 Å². The van der Waals surface area contributed by atoms with Gasteiger partial charge in [0.05, 0.1) is 13.1 Å². The molecular formula is C18H28N6O2+2. The molecule has 140 valence electrons. The van der Waals surface area contributed by atoms with Crippen molar-refractivity contribution in [3.8, 4) is 11.5 Å². The zero-order chi connectivity index (χ0) is 17.9. The molecule has 1 fully saturated rings. The Morgan fingerprint density at radius 3 is 2.69 bits per heavy atom. The van der Waals surface area contributed by atoms with Crippen LogP contribution in [0.15, 0.2) is 18.2 Å². The first kappa shape index (κ1) is 17.2. The van der Waals surface area contributed by atoms with Crippen LogP contribution in [0.2, 0.25) is 0 Å². The number of hydrogen-bond acceptors (Lipinski definition) is 5. The number of nitrogens with one attached hydrogen (secondary N) is 2. The van der Waals surface area contributed by atoms with Crippen LogP contribution in [-0.2, 0) is 6.54 Å². The van der Waals surface area contributed by atoms with Gasteiger partial charge in [-0.2, -0.15) is 0 Å². The van der Waals surface area contributed by atoms with Crippen molar-refractivity contribution in [2.45, 2.75) is 32.9 Å². The molecule has 1 aromatic heterocycles. The number of likely N-dealkylation sites (N-methyl/N-ethyl adjacent to an activating group) is 1. The highest BCUT2D eigenvalue weighted by molar-refractivity contribution is 5.44. The van der Waals surface area contributed by atoms with Gasteiger partial charge in [0.2, 0.25) is 12.6 Å². The van der Waals surface area contributed by atoms with Gasteiger partial charge in [0, 0.05) is 6.42 Å². The molecule has 1 aromatic carbocycles. The predicted octanol–water partition coefficient (Wildman–Crippen LogP) is -1.30. The third-order valence-electron chi connectivity index (χ3n) is 5.64. The van der Waals surface area contributed by atoms with Crippen molar-refractivity contribution in [1.29, 1.82) is 0 Å². The summed E-state index contributed by atoms with van der Waals surface area (Å²) in [5.74, 6) is 2.59. The Balaban J connectivity index is 1.50. The molecule has 1 atom stereocenters. The van der Waals surface area contributed by atoms with Crippen LogP contribution in [0.3, 0.4) is 0 Å². The monoisotopic (exact) mass is 360 g/mol. The summed E-state index contributed by atoms with van der Waals surface area (Å²) in [5.41, 5.74) is 1.12. The number of aromatic nitrogens is 4. The van der Waals surface area contributed by atoms with Crippen LogP contribution in [0.1, 0.15) is 37.7 Å². The summed E-state index contributed by atoms with van der Waals surface area (Å²) in [6.07, 6.45) is 1.04. The molecule has 0 saturated carbocycles. The van der Waals surface area contributed by atoms with Crippen LogP contribution in [0.4, 0.5) is 0 Å². The molecule has 0 unspecified atom stereocenters. The molecule has 2 aliphatic heterocycles. The van der Waals surface area contributed by atoms with Gasteiger partial charge in [0.25, 0.3) is 0 Å². The summed E-state index contributed by atoms with van der Waals surface area (Å²) in [7, 11) is 0. The van der Waals surface area contributed by atoms with E-state index in [0.29, 0.717) is 19.4 Å². The van der Waals surface area contributed by atoms with E-state index < -0.39 is 0 Å². The highest BCUT2D eigenvalue weighted by Gasteiger charge is 2.32. The van der Waals surface area contributed by atoms with Crippen molar-refractivity contribution in [2.24, 2.45) is 0 Å². The maximum atomic E-state index is 5.48. The Labute approximate surface area is 153 Å². The smallest absolute Gasteiger partial charge is 0.231 e. The molecule has 2 aliphatic rings. The summed E-state index contributed by atoms with van der Waals surface area (Å²) in [6, 6.07) is 6.37. The van der Waals surface area contributed by atoms with E-state index in [1.807, 2.05) is 16.8 Å². The zero-order valence-electron chi connectivity index (χ0n) is 15.6. The van der Waals surface area contributed by atoms with E-state index in [2.05, 4.69) is 35.4 Å². The fraction of sp³-hybridized carbons (Fsp3) is 0.611. The summed E-state index contributed by atoms with van der Waals surface area (Å²) in [6.45, 7) is 11.5. The van der Waals surface area contributed by atoms with E-state index in [-0.39, 0.29) is 0 Å². The van der Waals surface area contributed by atoms with Gasteiger partial charge in [-0.3, -0.25) is 0 Å². The number of fused-ring (bicyclic) bond motifs is 1. The quantitative estimate of drug-likeness (QED) is 0.671. The summed E-state index contributed by atoms with van der Waals surface area (Å²) >= 11 is 0. The maximum Gasteiger partial charge on any atom is 0.231 e. The summed E-state index contributed by atoms with van der Waals surface area (Å²) < 4.78 is 12.8. The molecule has 8 nitrogen and oxygen atoms in total. The SMILES string of the molecule is CC[C@H](c1nnnn1Cc1ccc2c(c1)OCO2)[NH+]1CC[NH+](CC)CC1. The molecule has 26 heavy (non-hydrogen) atoms. The number of rotatable bonds is 6. The standard InChI is InChI=1S/C18H26N6O2/c1-3-15(23-9-7-22(4-2)8-10-23)18-19-20-21-24(18)12-14-5-6-16-17(11-14)26-13-25-16/h5-6,11,15H,3-4,7-10,12-13H2,1-2H3/p+2/t15-/m1/s1. The Morgan fingerprint density at radius 2 is 1.92 bits per heavy atom. The molecule has 0 spiro atoms. The number of benzene rings is 1. The molecule has 3 heterocycles. The van der Waals surface area contributed by atoms with Gasteiger partial charge in [-0.1, -0.05) is 13.0 Å². The van der Waals surface area contributed by atoms with Crippen molar-refractivity contribution < 1.29 is 19.3 Å². The number of quaternary nitrogens is 2. The fourth-order valence-corrected chi connectivity index (χ4v) is 4.07. The first-order valence-corrected chi connectivity index (χ1v) is 9.61. The Bertz CT molecular complexity index is 741. The molecule has 2 N–H and O–H groups in total. The molecule has 8 heteroatoms. The van der Waals surface area contributed by atoms with Crippen molar-refractivity contribution in [1.82, 2.24) is 20.2 Å². The molecule has 0 radical (unpaired) electrons. The number of piperazine rings is 1. The average Bonchev–Trinajstić information content (AvgIpc) is 3.32. The lowest BCUT2D eigenvalue weighted by molar-refractivity contribution is -1.03. The Kier molecular flexibility index (Phi) is 5.03. The predicted molar refractivity (Wildman–Crippen MR) is 94.5 cm³/mol. The fourth-order valence-electron chi connectivity index (χ4n) is 4.07. The normalized spacial score (nSPS) is 23.2. The first-order chi connectivity index (χ1) is 12.8. The third-order valence-corrected chi connectivity index (χ3v) is 5.64. The lowest BCUT2D eigenvalue weighted by atomic mass is 10.1. The van der Waals surface area contributed by atoms with Gasteiger partial charge < -0.3 is 19.3 Å². The minimum absolute atomic E-state index is 0.294. The molecular weight excluding hydrogens is 332 g/mol. The van der Waals surface area contributed by atoms with Gasteiger partial charge in [0.15, 0.2) is 11.5 Å². The van der Waals surface area contributed by atoms with Gasteiger partial charge in [-0.15, -0.1) is 5.10 Å². The number of hydrogen-bond donors (Lipinski definition) is 2. The van der Waals surface area contributed by atoms with Gasteiger partial charge in [0.1, 0.15) is 32.2 Å². The van der Waals surface area contributed by atoms with E-state index in [4.69, 9.17) is 9.47 Å². The topological polar surface area (TPSA) is 70.9 Å². The molecule has 1 saturated heterocycles. The second kappa shape index (κ2) is 7.59. The van der Waals surface area contributed by atoms with Gasteiger partial charge in [-0.25, -0.2) is 4.68 Å². The van der Waals surface area contributed by atoms with E-state index in [9.17, 15) is 0 Å². The van der Waals surface area contributed by atoms with Crippen LogP contribution < -0.4 is 19.3 Å². The average molecular weight is 360 g/mol. The van der Waals surface area contributed by atoms with E-state index >= 15 is 0 Å².